The Morgan fingerprint density at radius 3 is 2.83 bits per heavy atom. The van der Waals surface area contributed by atoms with Crippen molar-refractivity contribution in [2.45, 2.75) is 25.5 Å². The normalized spacial score (nSPS) is 20.3. The Bertz CT molecular complexity index is 594. The number of nitrogen functional groups attached to an aromatic ring is 1. The highest BCUT2D eigenvalue weighted by molar-refractivity contribution is 5.85. The van der Waals surface area contributed by atoms with E-state index in [1.54, 1.807) is 17.0 Å². The standard InChI is InChI=1S/C14H22N6O3/c1-8(21)17-5-6-18-14-9(15)2-3-11(19-14)20-7-4-10(22)12(20)13(16)23/h2-3,10,12,22H,4-7,15H2,1H3,(H2,16,23)(H,17,21)(H,18,19). The number of carbonyl (C=O) groups is 2. The number of rotatable bonds is 6. The van der Waals surface area contributed by atoms with Gasteiger partial charge in [0.25, 0.3) is 0 Å². The maximum Gasteiger partial charge on any atom is 0.242 e. The van der Waals surface area contributed by atoms with Gasteiger partial charge in [-0.1, -0.05) is 0 Å². The Morgan fingerprint density at radius 1 is 1.43 bits per heavy atom. The number of aromatic nitrogens is 1. The summed E-state index contributed by atoms with van der Waals surface area (Å²) in [7, 11) is 0. The predicted octanol–water partition coefficient (Wildman–Crippen LogP) is -1.36. The average molecular weight is 322 g/mol. The molecular formula is C14H22N6O3. The molecule has 0 bridgehead atoms. The number of primary amides is 1. The zero-order valence-electron chi connectivity index (χ0n) is 13.0. The number of aliphatic hydroxyl groups excluding tert-OH is 1. The molecule has 9 nitrogen and oxygen atoms in total. The van der Waals surface area contributed by atoms with Crippen LogP contribution in [0.3, 0.4) is 0 Å². The van der Waals surface area contributed by atoms with Crippen LogP contribution in [0, 0.1) is 0 Å². The first-order valence-electron chi connectivity index (χ1n) is 7.39. The molecule has 2 amide bonds. The minimum absolute atomic E-state index is 0.114. The van der Waals surface area contributed by atoms with E-state index in [-0.39, 0.29) is 5.91 Å². The molecule has 0 aromatic carbocycles. The fraction of sp³-hybridized carbons (Fsp3) is 0.500. The maximum atomic E-state index is 11.5. The predicted molar refractivity (Wildman–Crippen MR) is 86.8 cm³/mol. The molecule has 1 saturated heterocycles. The topological polar surface area (TPSA) is 147 Å². The van der Waals surface area contributed by atoms with E-state index in [0.717, 1.165) is 0 Å². The van der Waals surface area contributed by atoms with Gasteiger partial charge in [0.15, 0.2) is 5.82 Å². The largest absolute Gasteiger partial charge is 0.396 e. The van der Waals surface area contributed by atoms with Crippen LogP contribution in [0.4, 0.5) is 17.3 Å². The van der Waals surface area contributed by atoms with E-state index in [2.05, 4.69) is 15.6 Å². The number of nitrogens with one attached hydrogen (secondary N) is 2. The molecule has 0 radical (unpaired) electrons. The smallest absolute Gasteiger partial charge is 0.242 e. The van der Waals surface area contributed by atoms with Gasteiger partial charge in [-0.3, -0.25) is 9.59 Å². The third-order valence-corrected chi connectivity index (χ3v) is 3.65. The molecule has 0 spiro atoms. The van der Waals surface area contributed by atoms with Crippen molar-refractivity contribution in [1.82, 2.24) is 10.3 Å². The van der Waals surface area contributed by atoms with E-state index >= 15 is 0 Å². The first-order chi connectivity index (χ1) is 10.9. The van der Waals surface area contributed by atoms with Gasteiger partial charge in [-0.25, -0.2) is 4.98 Å². The average Bonchev–Trinajstić information content (AvgIpc) is 2.87. The van der Waals surface area contributed by atoms with Crippen LogP contribution in [-0.2, 0) is 9.59 Å². The number of hydrogen-bond donors (Lipinski definition) is 5. The second-order valence-corrected chi connectivity index (χ2v) is 5.41. The van der Waals surface area contributed by atoms with Gasteiger partial charge >= 0.3 is 0 Å². The van der Waals surface area contributed by atoms with E-state index in [4.69, 9.17) is 11.5 Å². The first-order valence-corrected chi connectivity index (χ1v) is 7.39. The number of pyridine rings is 1. The van der Waals surface area contributed by atoms with Crippen molar-refractivity contribution in [2.24, 2.45) is 5.73 Å². The molecule has 9 heteroatoms. The second kappa shape index (κ2) is 7.14. The van der Waals surface area contributed by atoms with E-state index in [1.165, 1.54) is 6.92 Å². The highest BCUT2D eigenvalue weighted by atomic mass is 16.3. The summed E-state index contributed by atoms with van der Waals surface area (Å²) in [5.74, 6) is 0.268. The summed E-state index contributed by atoms with van der Waals surface area (Å²) in [5.41, 5.74) is 11.7. The van der Waals surface area contributed by atoms with Crippen LogP contribution >= 0.6 is 0 Å². The monoisotopic (exact) mass is 322 g/mol. The minimum atomic E-state index is -0.803. The lowest BCUT2D eigenvalue weighted by molar-refractivity contribution is -0.121. The van der Waals surface area contributed by atoms with E-state index in [0.29, 0.717) is 43.4 Å². The summed E-state index contributed by atoms with van der Waals surface area (Å²) < 4.78 is 0. The lowest BCUT2D eigenvalue weighted by Crippen LogP contribution is -2.46. The molecule has 2 unspecified atom stereocenters. The van der Waals surface area contributed by atoms with Gasteiger partial charge < -0.3 is 32.1 Å². The van der Waals surface area contributed by atoms with Crippen LogP contribution < -0.4 is 27.0 Å². The highest BCUT2D eigenvalue weighted by Gasteiger charge is 2.37. The van der Waals surface area contributed by atoms with Crippen LogP contribution in [-0.4, -0.2) is 53.7 Å². The molecule has 126 valence electrons. The molecular weight excluding hydrogens is 300 g/mol. The molecule has 0 aliphatic carbocycles. The Morgan fingerprint density at radius 2 is 2.17 bits per heavy atom. The van der Waals surface area contributed by atoms with Crippen molar-refractivity contribution >= 4 is 29.1 Å². The minimum Gasteiger partial charge on any atom is -0.396 e. The number of carbonyl (C=O) groups excluding carboxylic acids is 2. The third kappa shape index (κ3) is 4.01. The summed E-state index contributed by atoms with van der Waals surface area (Å²) in [6.07, 6.45) is -0.353. The van der Waals surface area contributed by atoms with Crippen molar-refractivity contribution in [1.29, 1.82) is 0 Å². The Kier molecular flexibility index (Phi) is 5.22. The SMILES string of the molecule is CC(=O)NCCNc1nc(N2CCC(O)C2C(N)=O)ccc1N. The van der Waals surface area contributed by atoms with Crippen molar-refractivity contribution < 1.29 is 14.7 Å². The zero-order chi connectivity index (χ0) is 17.0. The van der Waals surface area contributed by atoms with Gasteiger partial charge in [0.05, 0.1) is 11.8 Å². The molecule has 0 saturated carbocycles. The lowest BCUT2D eigenvalue weighted by atomic mass is 10.1. The molecule has 1 fully saturated rings. The van der Waals surface area contributed by atoms with Crippen LogP contribution in [0.15, 0.2) is 12.1 Å². The van der Waals surface area contributed by atoms with Crippen LogP contribution in [0.25, 0.3) is 0 Å². The summed E-state index contributed by atoms with van der Waals surface area (Å²) >= 11 is 0. The van der Waals surface area contributed by atoms with E-state index in [9.17, 15) is 14.7 Å². The number of aliphatic hydroxyl groups is 1. The highest BCUT2D eigenvalue weighted by Crippen LogP contribution is 2.27. The molecule has 2 atom stereocenters. The fourth-order valence-electron chi connectivity index (χ4n) is 2.56. The number of nitrogens with two attached hydrogens (primary N) is 2. The summed E-state index contributed by atoms with van der Waals surface area (Å²) in [4.78, 5) is 28.4. The van der Waals surface area contributed by atoms with Crippen LogP contribution in [0.5, 0.6) is 0 Å². The van der Waals surface area contributed by atoms with Gasteiger partial charge in [0, 0.05) is 26.6 Å². The lowest BCUT2D eigenvalue weighted by Gasteiger charge is -2.25. The van der Waals surface area contributed by atoms with Crippen molar-refractivity contribution in [3.8, 4) is 0 Å². The van der Waals surface area contributed by atoms with Gasteiger partial charge in [-0.2, -0.15) is 0 Å². The van der Waals surface area contributed by atoms with Gasteiger partial charge in [0.2, 0.25) is 11.8 Å². The Balaban J connectivity index is 2.10. The van der Waals surface area contributed by atoms with Crippen molar-refractivity contribution in [3.63, 3.8) is 0 Å². The third-order valence-electron chi connectivity index (χ3n) is 3.65. The Hall–Kier alpha value is -2.55. The van der Waals surface area contributed by atoms with Crippen molar-refractivity contribution in [3.05, 3.63) is 12.1 Å². The Labute approximate surface area is 134 Å². The van der Waals surface area contributed by atoms with E-state index < -0.39 is 18.1 Å². The number of amides is 2. The van der Waals surface area contributed by atoms with Crippen molar-refractivity contribution in [2.75, 3.05) is 35.6 Å². The molecule has 1 aromatic heterocycles. The molecule has 2 heterocycles. The summed E-state index contributed by atoms with van der Waals surface area (Å²) in [6.45, 7) is 2.82. The van der Waals surface area contributed by atoms with Crippen LogP contribution in [0.2, 0.25) is 0 Å². The fourth-order valence-corrected chi connectivity index (χ4v) is 2.56. The van der Waals surface area contributed by atoms with Gasteiger partial charge in [-0.15, -0.1) is 0 Å². The number of anilines is 3. The first kappa shape index (κ1) is 16.8. The van der Waals surface area contributed by atoms with Gasteiger partial charge in [0.1, 0.15) is 11.9 Å². The molecule has 7 N–H and O–H groups in total. The molecule has 1 aromatic rings. The van der Waals surface area contributed by atoms with E-state index in [1.807, 2.05) is 0 Å². The molecule has 1 aliphatic rings. The quantitative estimate of drug-likeness (QED) is 0.406. The van der Waals surface area contributed by atoms with Crippen LogP contribution in [0.1, 0.15) is 13.3 Å². The number of hydrogen-bond acceptors (Lipinski definition) is 7. The molecule has 2 rings (SSSR count). The zero-order valence-corrected chi connectivity index (χ0v) is 13.0. The molecule has 1 aliphatic heterocycles. The molecule has 23 heavy (non-hydrogen) atoms. The summed E-state index contributed by atoms with van der Waals surface area (Å²) in [5, 5.41) is 15.6. The maximum absolute atomic E-state index is 11.5. The second-order valence-electron chi connectivity index (χ2n) is 5.41. The number of nitrogens with zero attached hydrogens (tertiary/aromatic N) is 2. The summed E-state index contributed by atoms with van der Waals surface area (Å²) in [6, 6.07) is 2.56. The van der Waals surface area contributed by atoms with Gasteiger partial charge in [-0.05, 0) is 18.6 Å².